The van der Waals surface area contributed by atoms with Crippen molar-refractivity contribution < 1.29 is 4.79 Å². The molecule has 1 aromatic heterocycles. The summed E-state index contributed by atoms with van der Waals surface area (Å²) in [7, 11) is 0. The van der Waals surface area contributed by atoms with Gasteiger partial charge in [0.25, 0.3) is 0 Å². The van der Waals surface area contributed by atoms with Gasteiger partial charge in [-0.05, 0) is 43.9 Å². The molecule has 2 aromatic rings. The van der Waals surface area contributed by atoms with E-state index in [0.717, 1.165) is 37.4 Å². The van der Waals surface area contributed by atoms with Gasteiger partial charge in [-0.3, -0.25) is 4.79 Å². The highest BCUT2D eigenvalue weighted by Crippen LogP contribution is 2.19. The van der Waals surface area contributed by atoms with Gasteiger partial charge in [-0.1, -0.05) is 18.2 Å². The van der Waals surface area contributed by atoms with Crippen molar-refractivity contribution in [1.82, 2.24) is 19.7 Å². The van der Waals surface area contributed by atoms with Crippen molar-refractivity contribution in [2.75, 3.05) is 0 Å². The normalized spacial score (nSPS) is 17.1. The van der Waals surface area contributed by atoms with Crippen molar-refractivity contribution >= 4 is 6.41 Å². The van der Waals surface area contributed by atoms with Crippen molar-refractivity contribution in [3.63, 3.8) is 0 Å². The zero-order valence-electron chi connectivity index (χ0n) is 13.4. The second-order valence-corrected chi connectivity index (χ2v) is 6.15. The molecule has 1 amide bonds. The maximum Gasteiger partial charge on any atom is 0.210 e. The van der Waals surface area contributed by atoms with Gasteiger partial charge in [0.05, 0.1) is 12.6 Å². The van der Waals surface area contributed by atoms with Crippen LogP contribution in [0.25, 0.3) is 0 Å². The third kappa shape index (κ3) is 2.89. The first-order chi connectivity index (χ1) is 10.6. The van der Waals surface area contributed by atoms with E-state index in [4.69, 9.17) is 0 Å². The number of fused-ring (bicyclic) bond motifs is 1. The average Bonchev–Trinajstić information content (AvgIpc) is 2.87. The Morgan fingerprint density at radius 1 is 1.32 bits per heavy atom. The lowest BCUT2D eigenvalue weighted by Gasteiger charge is -2.31. The predicted molar refractivity (Wildman–Crippen MR) is 84.4 cm³/mol. The maximum absolute atomic E-state index is 11.6. The van der Waals surface area contributed by atoms with Crippen molar-refractivity contribution in [3.05, 3.63) is 46.5 Å². The molecule has 1 aromatic carbocycles. The molecule has 0 N–H and O–H groups in total. The van der Waals surface area contributed by atoms with Crippen LogP contribution in [-0.4, -0.2) is 32.1 Å². The summed E-state index contributed by atoms with van der Waals surface area (Å²) in [6.07, 6.45) is 2.79. The SMILES string of the molecule is Cc1nc2n(n1)CC(N(C=O)Cc1ccc(C)c(C)c1)CC2. The van der Waals surface area contributed by atoms with E-state index in [-0.39, 0.29) is 6.04 Å². The van der Waals surface area contributed by atoms with E-state index in [1.807, 2.05) is 16.5 Å². The van der Waals surface area contributed by atoms with Gasteiger partial charge >= 0.3 is 0 Å². The van der Waals surface area contributed by atoms with Crippen LogP contribution in [0.4, 0.5) is 0 Å². The Hall–Kier alpha value is -2.17. The highest BCUT2D eigenvalue weighted by molar-refractivity contribution is 5.48. The maximum atomic E-state index is 11.6. The summed E-state index contributed by atoms with van der Waals surface area (Å²) in [6, 6.07) is 6.58. The summed E-state index contributed by atoms with van der Waals surface area (Å²) in [5.41, 5.74) is 3.72. The average molecular weight is 298 g/mol. The summed E-state index contributed by atoms with van der Waals surface area (Å²) < 4.78 is 1.94. The smallest absolute Gasteiger partial charge is 0.210 e. The predicted octanol–water partition coefficient (Wildman–Crippen LogP) is 2.18. The molecular weight excluding hydrogens is 276 g/mol. The number of rotatable bonds is 4. The number of hydrogen-bond acceptors (Lipinski definition) is 3. The number of nitrogens with zero attached hydrogens (tertiary/aromatic N) is 4. The Bertz CT molecular complexity index is 692. The third-order valence-corrected chi connectivity index (χ3v) is 4.48. The van der Waals surface area contributed by atoms with E-state index in [2.05, 4.69) is 42.1 Å². The Morgan fingerprint density at radius 2 is 2.14 bits per heavy atom. The summed E-state index contributed by atoms with van der Waals surface area (Å²) in [5, 5.41) is 4.41. The highest BCUT2D eigenvalue weighted by atomic mass is 16.1. The van der Waals surface area contributed by atoms with E-state index in [1.165, 1.54) is 16.7 Å². The van der Waals surface area contributed by atoms with Gasteiger partial charge in [0.1, 0.15) is 11.6 Å². The van der Waals surface area contributed by atoms with Gasteiger partial charge in [0.2, 0.25) is 6.41 Å². The number of benzene rings is 1. The summed E-state index contributed by atoms with van der Waals surface area (Å²) in [6.45, 7) is 7.51. The van der Waals surface area contributed by atoms with Crippen molar-refractivity contribution in [3.8, 4) is 0 Å². The second kappa shape index (κ2) is 5.91. The van der Waals surface area contributed by atoms with Gasteiger partial charge in [0, 0.05) is 13.0 Å². The zero-order chi connectivity index (χ0) is 15.7. The molecule has 1 unspecified atom stereocenters. The number of amides is 1. The molecule has 22 heavy (non-hydrogen) atoms. The molecule has 3 rings (SSSR count). The van der Waals surface area contributed by atoms with Gasteiger partial charge in [-0.15, -0.1) is 0 Å². The van der Waals surface area contributed by atoms with Crippen LogP contribution >= 0.6 is 0 Å². The quantitative estimate of drug-likeness (QED) is 0.813. The molecule has 116 valence electrons. The first-order valence-corrected chi connectivity index (χ1v) is 7.74. The van der Waals surface area contributed by atoms with Gasteiger partial charge in [-0.25, -0.2) is 9.67 Å². The summed E-state index contributed by atoms with van der Waals surface area (Å²) in [5.74, 6) is 1.84. The fourth-order valence-corrected chi connectivity index (χ4v) is 3.05. The first-order valence-electron chi connectivity index (χ1n) is 7.74. The van der Waals surface area contributed by atoms with Gasteiger partial charge in [-0.2, -0.15) is 5.10 Å². The Kier molecular flexibility index (Phi) is 3.96. The minimum Gasteiger partial charge on any atom is -0.336 e. The number of carbonyl (C=O) groups is 1. The molecule has 0 saturated heterocycles. The molecule has 0 radical (unpaired) electrons. The summed E-state index contributed by atoms with van der Waals surface area (Å²) in [4.78, 5) is 17.9. The second-order valence-electron chi connectivity index (χ2n) is 6.15. The molecule has 1 aliphatic heterocycles. The minimum absolute atomic E-state index is 0.188. The van der Waals surface area contributed by atoms with Gasteiger partial charge in [0.15, 0.2) is 0 Å². The number of aryl methyl sites for hydroxylation is 4. The molecule has 5 heteroatoms. The Morgan fingerprint density at radius 3 is 2.86 bits per heavy atom. The topological polar surface area (TPSA) is 51.0 Å². The lowest BCUT2D eigenvalue weighted by Crippen LogP contribution is -2.40. The van der Waals surface area contributed by atoms with Crippen molar-refractivity contribution in [1.29, 1.82) is 0 Å². The molecule has 0 saturated carbocycles. The lowest BCUT2D eigenvalue weighted by atomic mass is 10.0. The minimum atomic E-state index is 0.188. The molecule has 0 bridgehead atoms. The van der Waals surface area contributed by atoms with Crippen molar-refractivity contribution in [2.45, 2.75) is 52.7 Å². The monoisotopic (exact) mass is 298 g/mol. The van der Waals surface area contributed by atoms with Gasteiger partial charge < -0.3 is 4.90 Å². The van der Waals surface area contributed by atoms with E-state index < -0.39 is 0 Å². The standard InChI is InChI=1S/C17H22N4O/c1-12-4-5-15(8-13(12)2)9-20(11-22)16-6-7-17-18-14(3)19-21(17)10-16/h4-5,8,11,16H,6-7,9-10H2,1-3H3. The van der Waals surface area contributed by atoms with Crippen LogP contribution in [0, 0.1) is 20.8 Å². The van der Waals surface area contributed by atoms with Crippen LogP contribution in [-0.2, 0) is 24.3 Å². The molecule has 0 fully saturated rings. The van der Waals surface area contributed by atoms with E-state index in [9.17, 15) is 4.79 Å². The molecule has 1 atom stereocenters. The van der Waals surface area contributed by atoms with Crippen LogP contribution in [0.1, 0.15) is 34.8 Å². The highest BCUT2D eigenvalue weighted by Gasteiger charge is 2.25. The zero-order valence-corrected chi connectivity index (χ0v) is 13.4. The van der Waals surface area contributed by atoms with Crippen LogP contribution in [0.15, 0.2) is 18.2 Å². The van der Waals surface area contributed by atoms with E-state index in [0.29, 0.717) is 6.54 Å². The Labute approximate surface area is 131 Å². The molecular formula is C17H22N4O. The Balaban J connectivity index is 1.74. The lowest BCUT2D eigenvalue weighted by molar-refractivity contribution is -0.121. The number of aromatic nitrogens is 3. The van der Waals surface area contributed by atoms with Crippen LogP contribution in [0.5, 0.6) is 0 Å². The molecule has 0 aliphatic carbocycles. The van der Waals surface area contributed by atoms with Crippen molar-refractivity contribution in [2.24, 2.45) is 0 Å². The van der Waals surface area contributed by atoms with E-state index >= 15 is 0 Å². The number of carbonyl (C=O) groups excluding carboxylic acids is 1. The molecule has 0 spiro atoms. The molecule has 1 aliphatic rings. The molecule has 2 heterocycles. The first kappa shape index (κ1) is 14.8. The fourth-order valence-electron chi connectivity index (χ4n) is 3.05. The van der Waals surface area contributed by atoms with Crippen LogP contribution in [0.2, 0.25) is 0 Å². The fraction of sp³-hybridized carbons (Fsp3) is 0.471. The molecule has 5 nitrogen and oxygen atoms in total. The van der Waals surface area contributed by atoms with E-state index in [1.54, 1.807) is 0 Å². The largest absolute Gasteiger partial charge is 0.336 e. The van der Waals surface area contributed by atoms with Crippen LogP contribution < -0.4 is 0 Å². The third-order valence-electron chi connectivity index (χ3n) is 4.48. The van der Waals surface area contributed by atoms with Crippen LogP contribution in [0.3, 0.4) is 0 Å². The summed E-state index contributed by atoms with van der Waals surface area (Å²) >= 11 is 0. The number of hydrogen-bond donors (Lipinski definition) is 0.